The first kappa shape index (κ1) is 19.2. The van der Waals surface area contributed by atoms with Gasteiger partial charge in [-0.1, -0.05) is 30.3 Å². The van der Waals surface area contributed by atoms with E-state index in [1.165, 1.54) is 11.0 Å². The first-order chi connectivity index (χ1) is 13.5. The zero-order valence-corrected chi connectivity index (χ0v) is 15.4. The summed E-state index contributed by atoms with van der Waals surface area (Å²) in [5.41, 5.74) is 2.69. The molecule has 2 amide bonds. The monoisotopic (exact) mass is 376 g/mol. The molecule has 0 aliphatic carbocycles. The zero-order chi connectivity index (χ0) is 20.1. The van der Waals surface area contributed by atoms with Gasteiger partial charge in [0.25, 0.3) is 11.8 Å². The number of carboxylic acids is 1. The fourth-order valence-corrected chi connectivity index (χ4v) is 2.90. The summed E-state index contributed by atoms with van der Waals surface area (Å²) in [5.74, 6) is -2.15. The number of pyridine rings is 1. The van der Waals surface area contributed by atoms with Gasteiger partial charge >= 0.3 is 5.97 Å². The number of rotatable bonds is 5. The number of carbonyl (C=O) groups is 3. The van der Waals surface area contributed by atoms with Crippen molar-refractivity contribution in [2.45, 2.75) is 19.3 Å². The lowest BCUT2D eigenvalue weighted by Gasteiger charge is -2.10. The van der Waals surface area contributed by atoms with Gasteiger partial charge in [0.05, 0.1) is 11.6 Å². The average molecular weight is 376 g/mol. The molecule has 2 aromatic rings. The van der Waals surface area contributed by atoms with Crippen molar-refractivity contribution in [1.82, 2.24) is 9.88 Å². The summed E-state index contributed by atoms with van der Waals surface area (Å²) in [4.78, 5) is 41.2. The molecule has 1 saturated heterocycles. The van der Waals surface area contributed by atoms with Crippen LogP contribution in [-0.4, -0.2) is 39.3 Å². The van der Waals surface area contributed by atoms with Crippen LogP contribution in [0.25, 0.3) is 12.2 Å². The third-order valence-electron chi connectivity index (χ3n) is 4.62. The summed E-state index contributed by atoms with van der Waals surface area (Å²) in [6.45, 7) is 1.96. The number of hydrogen-bond acceptors (Lipinski definition) is 4. The number of imide groups is 1. The van der Waals surface area contributed by atoms with Gasteiger partial charge in [-0.15, -0.1) is 0 Å². The Morgan fingerprint density at radius 1 is 1.18 bits per heavy atom. The number of carbonyl (C=O) groups excluding carboxylic acids is 2. The van der Waals surface area contributed by atoms with Gasteiger partial charge in [0, 0.05) is 24.4 Å². The van der Waals surface area contributed by atoms with E-state index in [9.17, 15) is 14.4 Å². The Hall–Kier alpha value is -3.54. The molecule has 0 bridgehead atoms. The first-order valence-corrected chi connectivity index (χ1v) is 8.94. The fraction of sp³-hybridized carbons (Fsp3) is 0.182. The van der Waals surface area contributed by atoms with Crippen molar-refractivity contribution in [3.8, 4) is 0 Å². The number of aromatic nitrogens is 1. The molecule has 1 aromatic carbocycles. The average Bonchev–Trinajstić information content (AvgIpc) is 3.07. The summed E-state index contributed by atoms with van der Waals surface area (Å²) in [6.07, 6.45) is 6.79. The van der Waals surface area contributed by atoms with Gasteiger partial charge in [-0.05, 0) is 48.8 Å². The predicted molar refractivity (Wildman–Crippen MR) is 105 cm³/mol. The van der Waals surface area contributed by atoms with Crippen molar-refractivity contribution in [2.75, 3.05) is 6.54 Å². The molecule has 28 heavy (non-hydrogen) atoms. The van der Waals surface area contributed by atoms with Crippen LogP contribution in [-0.2, 0) is 14.4 Å². The summed E-state index contributed by atoms with van der Waals surface area (Å²) < 4.78 is 0. The van der Waals surface area contributed by atoms with E-state index in [0.717, 1.165) is 5.56 Å². The number of likely N-dealkylation sites (tertiary alicyclic amines) is 1. The van der Waals surface area contributed by atoms with Gasteiger partial charge in [0.2, 0.25) is 0 Å². The molecule has 1 N–H and O–H groups in total. The van der Waals surface area contributed by atoms with E-state index >= 15 is 0 Å². The van der Waals surface area contributed by atoms with E-state index in [1.54, 1.807) is 61.7 Å². The number of amides is 2. The second kappa shape index (κ2) is 8.43. The maximum Gasteiger partial charge on any atom is 0.310 e. The maximum absolute atomic E-state index is 12.5. The van der Waals surface area contributed by atoms with Gasteiger partial charge in [-0.2, -0.15) is 0 Å². The third-order valence-corrected chi connectivity index (χ3v) is 4.62. The summed E-state index contributed by atoms with van der Waals surface area (Å²) >= 11 is 0. The van der Waals surface area contributed by atoms with Crippen molar-refractivity contribution < 1.29 is 19.5 Å². The van der Waals surface area contributed by atoms with Crippen molar-refractivity contribution >= 4 is 29.9 Å². The van der Waals surface area contributed by atoms with Crippen molar-refractivity contribution in [3.63, 3.8) is 0 Å². The summed E-state index contributed by atoms with van der Waals surface area (Å²) in [6, 6.07) is 12.4. The molecule has 0 spiro atoms. The molecule has 0 saturated carbocycles. The number of nitrogens with zero attached hydrogens (tertiary/aromatic N) is 2. The van der Waals surface area contributed by atoms with Gasteiger partial charge in [-0.3, -0.25) is 24.3 Å². The number of carboxylic acid groups (broad SMARTS) is 1. The minimum absolute atomic E-state index is 0.307. The number of hydrogen-bond donors (Lipinski definition) is 1. The molecular formula is C22H20N2O4. The highest BCUT2D eigenvalue weighted by atomic mass is 16.4. The molecule has 1 fully saturated rings. The zero-order valence-electron chi connectivity index (χ0n) is 15.4. The minimum atomic E-state index is -0.884. The Bertz CT molecular complexity index is 946. The quantitative estimate of drug-likeness (QED) is 0.810. The van der Waals surface area contributed by atoms with Crippen LogP contribution in [0.3, 0.4) is 0 Å². The molecule has 6 nitrogen and oxygen atoms in total. The van der Waals surface area contributed by atoms with E-state index in [1.807, 2.05) is 6.07 Å². The number of benzene rings is 1. The molecule has 1 aliphatic heterocycles. The SMILES string of the molecule is CC(C(=O)O)c1ccc(C=C2CCN(C(=O)C=Cc3ccccn3)C2=O)cc1. The second-order valence-electron chi connectivity index (χ2n) is 6.53. The Morgan fingerprint density at radius 2 is 1.93 bits per heavy atom. The van der Waals surface area contributed by atoms with E-state index < -0.39 is 11.9 Å². The van der Waals surface area contributed by atoms with Crippen LogP contribution in [0.4, 0.5) is 0 Å². The van der Waals surface area contributed by atoms with Crippen LogP contribution in [0.1, 0.15) is 36.1 Å². The standard InChI is InChI=1S/C22H20N2O4/c1-15(22(27)28)17-7-5-16(6-8-17)14-18-11-13-24(21(18)26)20(25)10-9-19-4-2-3-12-23-19/h2-10,12,14-15H,11,13H2,1H3,(H,27,28). The minimum Gasteiger partial charge on any atom is -0.481 e. The predicted octanol–water partition coefficient (Wildman–Crippen LogP) is 3.13. The fourth-order valence-electron chi connectivity index (χ4n) is 2.90. The van der Waals surface area contributed by atoms with Gasteiger partial charge in [0.15, 0.2) is 0 Å². The number of aliphatic carboxylic acids is 1. The molecule has 142 valence electrons. The lowest BCUT2D eigenvalue weighted by Crippen LogP contribution is -2.30. The topological polar surface area (TPSA) is 87.6 Å². The molecule has 2 heterocycles. The summed E-state index contributed by atoms with van der Waals surface area (Å²) in [5, 5.41) is 9.06. The van der Waals surface area contributed by atoms with Gasteiger partial charge in [0.1, 0.15) is 0 Å². The van der Waals surface area contributed by atoms with Gasteiger partial charge in [-0.25, -0.2) is 0 Å². The van der Waals surface area contributed by atoms with Crippen molar-refractivity contribution in [1.29, 1.82) is 0 Å². The van der Waals surface area contributed by atoms with Crippen LogP contribution in [0.5, 0.6) is 0 Å². The highest BCUT2D eigenvalue weighted by molar-refractivity contribution is 6.12. The van der Waals surface area contributed by atoms with Crippen molar-refractivity contribution in [3.05, 3.63) is 77.1 Å². The van der Waals surface area contributed by atoms with Crippen LogP contribution in [0.15, 0.2) is 60.3 Å². The lowest BCUT2D eigenvalue weighted by atomic mass is 9.99. The van der Waals surface area contributed by atoms with Crippen molar-refractivity contribution in [2.24, 2.45) is 0 Å². The highest BCUT2D eigenvalue weighted by Crippen LogP contribution is 2.22. The Labute approximate surface area is 162 Å². The van der Waals surface area contributed by atoms with Gasteiger partial charge < -0.3 is 5.11 Å². The summed E-state index contributed by atoms with van der Waals surface area (Å²) in [7, 11) is 0. The van der Waals surface area contributed by atoms with E-state index in [4.69, 9.17) is 5.11 Å². The largest absolute Gasteiger partial charge is 0.481 e. The molecular weight excluding hydrogens is 356 g/mol. The van der Waals surface area contributed by atoms with E-state index in [0.29, 0.717) is 29.8 Å². The molecule has 6 heteroatoms. The molecule has 1 aliphatic rings. The normalized spacial score (nSPS) is 16.7. The maximum atomic E-state index is 12.5. The second-order valence-corrected chi connectivity index (χ2v) is 6.53. The van der Waals surface area contributed by atoms with E-state index in [2.05, 4.69) is 4.98 Å². The lowest BCUT2D eigenvalue weighted by molar-refractivity contribution is -0.139. The highest BCUT2D eigenvalue weighted by Gasteiger charge is 2.29. The van der Waals surface area contributed by atoms with Crippen LogP contribution < -0.4 is 0 Å². The first-order valence-electron chi connectivity index (χ1n) is 8.94. The van der Waals surface area contributed by atoms with Crippen LogP contribution in [0, 0.1) is 0 Å². The molecule has 0 radical (unpaired) electrons. The smallest absolute Gasteiger partial charge is 0.310 e. The molecule has 3 rings (SSSR count). The molecule has 1 atom stereocenters. The van der Waals surface area contributed by atoms with Crippen LogP contribution in [0.2, 0.25) is 0 Å². The Morgan fingerprint density at radius 3 is 2.57 bits per heavy atom. The van der Waals surface area contributed by atoms with Crippen LogP contribution >= 0.6 is 0 Å². The molecule has 1 unspecified atom stereocenters. The van der Waals surface area contributed by atoms with E-state index in [-0.39, 0.29) is 11.8 Å². The Kier molecular flexibility index (Phi) is 5.79. The molecule has 1 aromatic heterocycles. The Balaban J connectivity index is 1.68. The third kappa shape index (κ3) is 4.40.